The molecule has 0 aromatic heterocycles. The van der Waals surface area contributed by atoms with Gasteiger partial charge in [-0.2, -0.15) is 8.42 Å². The van der Waals surface area contributed by atoms with Gasteiger partial charge >= 0.3 is 16.3 Å². The van der Waals surface area contributed by atoms with Crippen molar-refractivity contribution in [1.82, 2.24) is 20.3 Å². The van der Waals surface area contributed by atoms with E-state index in [0.29, 0.717) is 49.4 Å². The molecule has 1 saturated heterocycles. The van der Waals surface area contributed by atoms with Crippen LogP contribution in [0.1, 0.15) is 72.1 Å². The van der Waals surface area contributed by atoms with Crippen molar-refractivity contribution < 1.29 is 32.3 Å². The Bertz CT molecular complexity index is 1400. The quantitative estimate of drug-likeness (QED) is 0.412. The van der Waals surface area contributed by atoms with Crippen molar-refractivity contribution in [3.8, 4) is 0 Å². The Labute approximate surface area is 264 Å². The van der Waals surface area contributed by atoms with E-state index in [1.54, 1.807) is 20.8 Å². The molecule has 1 aromatic carbocycles. The minimum Gasteiger partial charge on any atom is -0.444 e. The van der Waals surface area contributed by atoms with E-state index in [-0.39, 0.29) is 12.3 Å². The number of carbonyl (C=O) groups excluding carboxylic acids is 4. The Balaban J connectivity index is 1.55. The minimum atomic E-state index is -4.33. The molecule has 0 radical (unpaired) electrons. The summed E-state index contributed by atoms with van der Waals surface area (Å²) in [5.74, 6) is -2.21. The van der Waals surface area contributed by atoms with Gasteiger partial charge in [-0.05, 0) is 83.6 Å². The van der Waals surface area contributed by atoms with E-state index >= 15 is 0 Å². The van der Waals surface area contributed by atoms with Crippen molar-refractivity contribution >= 4 is 51.3 Å². The molecule has 2 aliphatic heterocycles. The molecule has 2 fully saturated rings. The average Bonchev–Trinajstić information content (AvgIpc) is 3.40. The number of rotatable bonds is 5. The fourth-order valence-corrected chi connectivity index (χ4v) is 6.69. The zero-order chi connectivity index (χ0) is 32.3. The summed E-state index contributed by atoms with van der Waals surface area (Å²) < 4.78 is 34.8. The lowest BCUT2D eigenvalue weighted by Crippen LogP contribution is -2.59. The van der Waals surface area contributed by atoms with Crippen molar-refractivity contribution in [1.29, 1.82) is 0 Å². The van der Waals surface area contributed by atoms with Crippen LogP contribution < -0.4 is 19.7 Å². The number of halogens is 1. The molecule has 242 valence electrons. The standard InChI is InChI=1S/C30H42ClN5O7S/c1-29(2,3)43-28(40)32-23-12-9-7-5-6-8-11-20-19-30(20,33-25(37)24-13-10-18-36(24)26(23)38)27(39)34-44(41,42)35(4)22-16-14-21(31)15-17-22/h8,11,14-17,20,23-24H,5-7,9-10,12-13,18-19H2,1-4H3,(H,32,40)(H,33,37)(H,34,39)/t20-,23+,24+,30-/m1/s1. The second kappa shape index (κ2) is 13.4. The molecule has 12 nitrogen and oxygen atoms in total. The summed E-state index contributed by atoms with van der Waals surface area (Å²) in [6.45, 7) is 5.51. The molecule has 1 aromatic rings. The van der Waals surface area contributed by atoms with Crippen LogP contribution >= 0.6 is 11.6 Å². The van der Waals surface area contributed by atoms with E-state index in [2.05, 4.69) is 15.4 Å². The molecule has 0 bridgehead atoms. The van der Waals surface area contributed by atoms with E-state index in [9.17, 15) is 27.6 Å². The normalized spacial score (nSPS) is 26.3. The maximum atomic E-state index is 13.7. The number of alkyl carbamates (subject to hydrolysis) is 1. The molecule has 4 atom stereocenters. The molecule has 3 N–H and O–H groups in total. The number of fused-ring (bicyclic) bond motifs is 2. The van der Waals surface area contributed by atoms with Gasteiger partial charge in [0.1, 0.15) is 23.2 Å². The lowest BCUT2D eigenvalue weighted by molar-refractivity contribution is -0.141. The predicted octanol–water partition coefficient (Wildman–Crippen LogP) is 3.42. The highest BCUT2D eigenvalue weighted by Gasteiger charge is 2.61. The van der Waals surface area contributed by atoms with Gasteiger partial charge in [0.05, 0.1) is 5.69 Å². The highest BCUT2D eigenvalue weighted by Crippen LogP contribution is 2.45. The molecule has 14 heteroatoms. The second-order valence-corrected chi connectivity index (χ2v) is 14.7. The van der Waals surface area contributed by atoms with Crippen LogP contribution in [0.15, 0.2) is 36.4 Å². The highest BCUT2D eigenvalue weighted by molar-refractivity contribution is 7.91. The smallest absolute Gasteiger partial charge is 0.408 e. The van der Waals surface area contributed by atoms with Gasteiger partial charge in [0.25, 0.3) is 5.91 Å². The van der Waals surface area contributed by atoms with Gasteiger partial charge in [-0.3, -0.25) is 18.7 Å². The first-order chi connectivity index (χ1) is 20.6. The summed E-state index contributed by atoms with van der Waals surface area (Å²) in [6.07, 6.45) is 7.60. The molecule has 0 spiro atoms. The van der Waals surface area contributed by atoms with Crippen LogP contribution in [0.2, 0.25) is 5.02 Å². The van der Waals surface area contributed by atoms with Crippen molar-refractivity contribution in [3.63, 3.8) is 0 Å². The number of nitrogens with one attached hydrogen (secondary N) is 3. The van der Waals surface area contributed by atoms with Crippen molar-refractivity contribution in [2.75, 3.05) is 17.9 Å². The summed E-state index contributed by atoms with van der Waals surface area (Å²) in [5, 5.41) is 5.95. The average molecular weight is 652 g/mol. The first kappa shape index (κ1) is 33.6. The summed E-state index contributed by atoms with van der Waals surface area (Å²) in [6, 6.07) is 4.34. The van der Waals surface area contributed by atoms with Crippen LogP contribution in [0, 0.1) is 5.92 Å². The molecule has 2 heterocycles. The molecular weight excluding hydrogens is 610 g/mol. The number of ether oxygens (including phenoxy) is 1. The predicted molar refractivity (Wildman–Crippen MR) is 166 cm³/mol. The van der Waals surface area contributed by atoms with Crippen LogP contribution in [-0.4, -0.2) is 73.9 Å². The number of amides is 4. The van der Waals surface area contributed by atoms with Crippen LogP contribution in [0.4, 0.5) is 10.5 Å². The molecule has 4 rings (SSSR count). The van der Waals surface area contributed by atoms with E-state index in [1.165, 1.54) is 36.2 Å². The Morgan fingerprint density at radius 3 is 2.48 bits per heavy atom. The fourth-order valence-electron chi connectivity index (χ4n) is 5.61. The number of hydrogen-bond acceptors (Lipinski definition) is 7. The Morgan fingerprint density at radius 1 is 1.09 bits per heavy atom. The van der Waals surface area contributed by atoms with Gasteiger partial charge in [0.15, 0.2) is 0 Å². The van der Waals surface area contributed by atoms with Crippen LogP contribution in [0.3, 0.4) is 0 Å². The molecule has 0 unspecified atom stereocenters. The first-order valence-electron chi connectivity index (χ1n) is 15.0. The van der Waals surface area contributed by atoms with Crippen LogP contribution in [0.25, 0.3) is 0 Å². The first-order valence-corrected chi connectivity index (χ1v) is 16.8. The van der Waals surface area contributed by atoms with Crippen molar-refractivity contribution in [2.24, 2.45) is 5.92 Å². The van der Waals surface area contributed by atoms with Gasteiger partial charge in [-0.15, -0.1) is 0 Å². The lowest BCUT2D eigenvalue weighted by atomic mass is 10.0. The van der Waals surface area contributed by atoms with Crippen LogP contribution in [-0.2, 0) is 29.3 Å². The summed E-state index contributed by atoms with van der Waals surface area (Å²) >= 11 is 5.93. The van der Waals surface area contributed by atoms with Crippen LogP contribution in [0.5, 0.6) is 0 Å². The van der Waals surface area contributed by atoms with Crippen molar-refractivity contribution in [3.05, 3.63) is 41.4 Å². The summed E-state index contributed by atoms with van der Waals surface area (Å²) in [5.41, 5.74) is -1.95. The number of hydrogen-bond donors (Lipinski definition) is 3. The third kappa shape index (κ3) is 8.03. The summed E-state index contributed by atoms with van der Waals surface area (Å²) in [4.78, 5) is 55.1. The SMILES string of the molecule is CN(c1ccc(Cl)cc1)S(=O)(=O)NC(=O)[C@@]12C[C@H]1C=CCCCCC[C@H](NC(=O)OC(C)(C)C)C(=O)N1CCC[C@H]1C(=O)N2. The van der Waals surface area contributed by atoms with Gasteiger partial charge in [-0.25, -0.2) is 9.52 Å². The van der Waals surface area contributed by atoms with Crippen molar-refractivity contribution in [2.45, 2.75) is 95.4 Å². The second-order valence-electron chi connectivity index (χ2n) is 12.6. The molecule has 1 aliphatic carbocycles. The molecule has 4 amide bonds. The fraction of sp³-hybridized carbons (Fsp3) is 0.600. The van der Waals surface area contributed by atoms with E-state index in [0.717, 1.165) is 17.1 Å². The minimum absolute atomic E-state index is 0.213. The number of anilines is 1. The van der Waals surface area contributed by atoms with E-state index in [4.69, 9.17) is 16.3 Å². The van der Waals surface area contributed by atoms with Gasteiger partial charge < -0.3 is 20.3 Å². The largest absolute Gasteiger partial charge is 0.444 e. The van der Waals surface area contributed by atoms with Gasteiger partial charge in [0, 0.05) is 24.5 Å². The maximum absolute atomic E-state index is 13.7. The lowest BCUT2D eigenvalue weighted by Gasteiger charge is -2.30. The number of benzene rings is 1. The monoisotopic (exact) mass is 651 g/mol. The zero-order valence-corrected chi connectivity index (χ0v) is 27.2. The molecular formula is C30H42ClN5O7S. The van der Waals surface area contributed by atoms with E-state index in [1.807, 2.05) is 12.2 Å². The Morgan fingerprint density at radius 2 is 1.80 bits per heavy atom. The summed E-state index contributed by atoms with van der Waals surface area (Å²) in [7, 11) is -3.02. The third-order valence-electron chi connectivity index (χ3n) is 8.10. The third-order valence-corrected chi connectivity index (χ3v) is 9.73. The molecule has 1 saturated carbocycles. The maximum Gasteiger partial charge on any atom is 0.408 e. The number of carbonyl (C=O) groups is 4. The van der Waals surface area contributed by atoms with E-state index < -0.39 is 57.3 Å². The van der Waals surface area contributed by atoms with Gasteiger partial charge in [-0.1, -0.05) is 36.6 Å². The zero-order valence-electron chi connectivity index (χ0n) is 25.6. The molecule has 3 aliphatic rings. The Hall–Kier alpha value is -3.32. The topological polar surface area (TPSA) is 154 Å². The molecule has 44 heavy (non-hydrogen) atoms. The Kier molecular flexibility index (Phi) is 10.2. The number of nitrogens with zero attached hydrogens (tertiary/aromatic N) is 2. The highest BCUT2D eigenvalue weighted by atomic mass is 35.5. The number of allylic oxidation sites excluding steroid dienone is 1. The van der Waals surface area contributed by atoms with Gasteiger partial charge in [0.2, 0.25) is 11.8 Å².